The molecule has 0 saturated heterocycles. The average molecular weight is 752 g/mol. The van der Waals surface area contributed by atoms with Crippen LogP contribution in [0.2, 0.25) is 0 Å². The van der Waals surface area contributed by atoms with Gasteiger partial charge in [-0.3, -0.25) is 0 Å². The summed E-state index contributed by atoms with van der Waals surface area (Å²) in [5, 5.41) is 11.6. The average Bonchev–Trinajstić information content (AvgIpc) is 3.70. The smallest absolute Gasteiger partial charge is 0.167 e. The van der Waals surface area contributed by atoms with Gasteiger partial charge < -0.3 is 4.42 Å². The fourth-order valence-electron chi connectivity index (χ4n) is 8.95. The van der Waals surface area contributed by atoms with Crippen molar-refractivity contribution < 1.29 is 4.42 Å². The van der Waals surface area contributed by atoms with Gasteiger partial charge in [0.15, 0.2) is 17.5 Å². The fourth-order valence-corrected chi connectivity index (χ4v) is 8.95. The molecule has 59 heavy (non-hydrogen) atoms. The second kappa shape index (κ2) is 13.3. The maximum Gasteiger partial charge on any atom is 0.167 e. The first-order valence-electron chi connectivity index (χ1n) is 19.9. The molecule has 0 saturated carbocycles. The normalized spacial score (nSPS) is 11.7. The molecular formula is C55H33N3O. The highest BCUT2D eigenvalue weighted by molar-refractivity contribution is 6.14. The standard InChI is InChI=1S/C55H33N3O/c1-4-17-39-34(13-1)16-11-23-43(39)46-32-31-35-14-2-6-19-41(35)51(46)55-57-53(56-54(58-55)48-25-12-24-47-45-22-9-10-26-50(45)59-52(47)48)37-29-27-36(28-30-37)49-33-38-15-3-5-18-40(38)42-20-7-8-21-44(42)49/h1-33H. The molecule has 0 aliphatic carbocycles. The van der Waals surface area contributed by atoms with Crippen molar-refractivity contribution in [1.82, 2.24) is 15.0 Å². The van der Waals surface area contributed by atoms with E-state index in [2.05, 4.69) is 182 Å². The molecule has 2 heterocycles. The number of nitrogens with zero attached hydrogens (tertiary/aromatic N) is 3. The van der Waals surface area contributed by atoms with Crippen LogP contribution >= 0.6 is 0 Å². The maximum atomic E-state index is 6.57. The van der Waals surface area contributed by atoms with Gasteiger partial charge in [-0.25, -0.2) is 15.0 Å². The largest absolute Gasteiger partial charge is 0.455 e. The Labute approximate surface area is 339 Å². The van der Waals surface area contributed by atoms with Gasteiger partial charge >= 0.3 is 0 Å². The van der Waals surface area contributed by atoms with E-state index in [4.69, 9.17) is 19.4 Å². The van der Waals surface area contributed by atoms with Crippen LogP contribution in [0.25, 0.3) is 121 Å². The Kier molecular flexibility index (Phi) is 7.50. The molecule has 12 rings (SSSR count). The van der Waals surface area contributed by atoms with Crippen LogP contribution in [-0.4, -0.2) is 15.0 Å². The first kappa shape index (κ1) is 33.2. The first-order valence-corrected chi connectivity index (χ1v) is 19.9. The molecule has 0 radical (unpaired) electrons. The molecule has 4 nitrogen and oxygen atoms in total. The van der Waals surface area contributed by atoms with Crippen molar-refractivity contribution >= 4 is 65.0 Å². The van der Waals surface area contributed by atoms with Gasteiger partial charge in [0, 0.05) is 21.9 Å². The van der Waals surface area contributed by atoms with Crippen molar-refractivity contribution in [1.29, 1.82) is 0 Å². The highest BCUT2D eigenvalue weighted by atomic mass is 16.3. The second-order valence-electron chi connectivity index (χ2n) is 15.1. The molecular weight excluding hydrogens is 719 g/mol. The lowest BCUT2D eigenvalue weighted by Gasteiger charge is -2.16. The van der Waals surface area contributed by atoms with Crippen LogP contribution < -0.4 is 0 Å². The molecule has 10 aromatic carbocycles. The molecule has 0 spiro atoms. The molecule has 0 N–H and O–H groups in total. The van der Waals surface area contributed by atoms with Gasteiger partial charge in [-0.15, -0.1) is 0 Å². The summed E-state index contributed by atoms with van der Waals surface area (Å²) in [5.41, 5.74) is 8.75. The van der Waals surface area contributed by atoms with E-state index in [0.717, 1.165) is 66.1 Å². The molecule has 0 fully saturated rings. The van der Waals surface area contributed by atoms with Gasteiger partial charge in [-0.1, -0.05) is 182 Å². The summed E-state index contributed by atoms with van der Waals surface area (Å²) in [6.45, 7) is 0. The Hall–Kier alpha value is -7.95. The Morgan fingerprint density at radius 3 is 1.68 bits per heavy atom. The van der Waals surface area contributed by atoms with Crippen LogP contribution in [0.1, 0.15) is 0 Å². The van der Waals surface area contributed by atoms with E-state index in [9.17, 15) is 0 Å². The van der Waals surface area contributed by atoms with E-state index in [1.165, 1.54) is 37.9 Å². The highest BCUT2D eigenvalue weighted by Crippen LogP contribution is 2.42. The predicted octanol–water partition coefficient (Wildman–Crippen LogP) is 14.7. The molecule has 0 bridgehead atoms. The molecule has 274 valence electrons. The zero-order valence-corrected chi connectivity index (χ0v) is 31.8. The number of para-hydroxylation sites is 2. The molecule has 2 aromatic heterocycles. The maximum absolute atomic E-state index is 6.57. The second-order valence-corrected chi connectivity index (χ2v) is 15.1. The summed E-state index contributed by atoms with van der Waals surface area (Å²) in [4.78, 5) is 16.0. The lowest BCUT2D eigenvalue weighted by Crippen LogP contribution is -2.02. The van der Waals surface area contributed by atoms with Gasteiger partial charge in [-0.05, 0) is 83.5 Å². The van der Waals surface area contributed by atoms with Crippen LogP contribution in [-0.2, 0) is 0 Å². The summed E-state index contributed by atoms with van der Waals surface area (Å²) in [6.07, 6.45) is 0. The summed E-state index contributed by atoms with van der Waals surface area (Å²) >= 11 is 0. The molecule has 0 amide bonds. The lowest BCUT2D eigenvalue weighted by atomic mass is 9.90. The number of fused-ring (bicyclic) bond motifs is 8. The van der Waals surface area contributed by atoms with E-state index in [1.54, 1.807) is 0 Å². The van der Waals surface area contributed by atoms with E-state index in [0.29, 0.717) is 17.5 Å². The van der Waals surface area contributed by atoms with E-state index < -0.39 is 0 Å². The minimum Gasteiger partial charge on any atom is -0.455 e. The number of hydrogen-bond donors (Lipinski definition) is 0. The first-order chi connectivity index (χ1) is 29.2. The predicted molar refractivity (Wildman–Crippen MR) is 244 cm³/mol. The Balaban J connectivity index is 1.10. The minimum absolute atomic E-state index is 0.552. The van der Waals surface area contributed by atoms with Crippen LogP contribution in [0.5, 0.6) is 0 Å². The zero-order chi connectivity index (χ0) is 38.9. The quantitative estimate of drug-likeness (QED) is 0.164. The Morgan fingerprint density at radius 1 is 0.288 bits per heavy atom. The molecule has 4 heteroatoms. The van der Waals surface area contributed by atoms with Crippen molar-refractivity contribution in [2.45, 2.75) is 0 Å². The van der Waals surface area contributed by atoms with Gasteiger partial charge in [0.1, 0.15) is 11.2 Å². The Morgan fingerprint density at radius 2 is 0.847 bits per heavy atom. The number of rotatable bonds is 5. The van der Waals surface area contributed by atoms with E-state index >= 15 is 0 Å². The van der Waals surface area contributed by atoms with Crippen LogP contribution in [0.3, 0.4) is 0 Å². The lowest BCUT2D eigenvalue weighted by molar-refractivity contribution is 0.669. The van der Waals surface area contributed by atoms with E-state index in [-0.39, 0.29) is 0 Å². The van der Waals surface area contributed by atoms with E-state index in [1.807, 2.05) is 18.2 Å². The molecule has 0 aliphatic heterocycles. The van der Waals surface area contributed by atoms with Crippen molar-refractivity contribution in [3.8, 4) is 56.4 Å². The SMILES string of the molecule is c1ccc2c(-c3ccc4ccccc4c3-c3nc(-c4ccc(-c5cc6ccccc6c6ccccc56)cc4)nc(-c4cccc5c4oc4ccccc45)n3)cccc2c1. The molecule has 0 unspecified atom stereocenters. The molecule has 12 aromatic rings. The monoisotopic (exact) mass is 751 g/mol. The van der Waals surface area contributed by atoms with Gasteiger partial charge in [-0.2, -0.15) is 0 Å². The number of hydrogen-bond acceptors (Lipinski definition) is 4. The Bertz CT molecular complexity index is 3620. The number of benzene rings is 10. The molecule has 0 atom stereocenters. The van der Waals surface area contributed by atoms with Crippen LogP contribution in [0.15, 0.2) is 205 Å². The van der Waals surface area contributed by atoms with Gasteiger partial charge in [0.05, 0.1) is 5.56 Å². The summed E-state index contributed by atoms with van der Waals surface area (Å²) in [5.74, 6) is 1.74. The topological polar surface area (TPSA) is 51.8 Å². The third-order valence-corrected chi connectivity index (χ3v) is 11.7. The molecule has 0 aliphatic rings. The van der Waals surface area contributed by atoms with Crippen molar-refractivity contribution in [2.24, 2.45) is 0 Å². The third kappa shape index (κ3) is 5.42. The summed E-state index contributed by atoms with van der Waals surface area (Å²) in [7, 11) is 0. The van der Waals surface area contributed by atoms with Crippen LogP contribution in [0.4, 0.5) is 0 Å². The summed E-state index contributed by atoms with van der Waals surface area (Å²) in [6, 6.07) is 70.5. The third-order valence-electron chi connectivity index (χ3n) is 11.7. The van der Waals surface area contributed by atoms with Gasteiger partial charge in [0.25, 0.3) is 0 Å². The summed E-state index contributed by atoms with van der Waals surface area (Å²) < 4.78 is 6.57. The highest BCUT2D eigenvalue weighted by Gasteiger charge is 2.22. The van der Waals surface area contributed by atoms with Crippen LogP contribution in [0, 0.1) is 0 Å². The fraction of sp³-hybridized carbons (Fsp3) is 0. The van der Waals surface area contributed by atoms with Crippen molar-refractivity contribution in [3.05, 3.63) is 200 Å². The van der Waals surface area contributed by atoms with Gasteiger partial charge in [0.2, 0.25) is 0 Å². The van der Waals surface area contributed by atoms with Crippen molar-refractivity contribution in [2.75, 3.05) is 0 Å². The minimum atomic E-state index is 0.552. The number of aromatic nitrogens is 3. The zero-order valence-electron chi connectivity index (χ0n) is 31.8. The number of furan rings is 1. The van der Waals surface area contributed by atoms with Crippen molar-refractivity contribution in [3.63, 3.8) is 0 Å².